The molecule has 0 aliphatic heterocycles. The number of carbonyl (C=O) groups is 1. The molecule has 0 bridgehead atoms. The van der Waals surface area contributed by atoms with Crippen molar-refractivity contribution in [3.05, 3.63) is 30.9 Å². The van der Waals surface area contributed by atoms with Gasteiger partial charge < -0.3 is 14.8 Å². The number of alkyl carbamates (subject to hydrolysis) is 1. The third-order valence-electron chi connectivity index (χ3n) is 4.77. The van der Waals surface area contributed by atoms with Crippen LogP contribution in [0.1, 0.15) is 40.5 Å². The van der Waals surface area contributed by atoms with E-state index in [0.717, 1.165) is 16.8 Å². The van der Waals surface area contributed by atoms with Gasteiger partial charge in [-0.3, -0.25) is 4.68 Å². The lowest BCUT2D eigenvalue weighted by molar-refractivity contribution is -0.0881. The maximum Gasteiger partial charge on any atom is 0.407 e. The SMILES string of the molecule is Cn1cc(-c2cn3nccc3c(OC3(C)CC(OC(=O)NC(C)(C)C)C3)n2)cn1. The Bertz CT molecular complexity index is 1040. The topological polar surface area (TPSA) is 95.6 Å². The van der Waals surface area contributed by atoms with E-state index in [4.69, 9.17) is 14.5 Å². The summed E-state index contributed by atoms with van der Waals surface area (Å²) in [6.07, 6.45) is 7.83. The zero-order valence-corrected chi connectivity index (χ0v) is 17.3. The number of amides is 1. The predicted molar refractivity (Wildman–Crippen MR) is 107 cm³/mol. The van der Waals surface area contributed by atoms with Crippen LogP contribution in [0.2, 0.25) is 0 Å². The fourth-order valence-corrected chi connectivity index (χ4v) is 3.46. The Morgan fingerprint density at radius 2 is 2.03 bits per heavy atom. The number of aryl methyl sites for hydroxylation is 1. The van der Waals surface area contributed by atoms with Crippen LogP contribution in [0.5, 0.6) is 5.88 Å². The number of aromatic nitrogens is 5. The number of hydrogen-bond donors (Lipinski definition) is 1. The number of ether oxygens (including phenoxy) is 2. The molecule has 0 unspecified atom stereocenters. The second-order valence-corrected chi connectivity index (χ2v) is 8.86. The quantitative estimate of drug-likeness (QED) is 0.726. The zero-order chi connectivity index (χ0) is 20.8. The molecule has 3 aromatic heterocycles. The van der Waals surface area contributed by atoms with Crippen molar-refractivity contribution in [2.75, 3.05) is 0 Å². The van der Waals surface area contributed by atoms with Crippen LogP contribution in [0.25, 0.3) is 16.8 Å². The van der Waals surface area contributed by atoms with Crippen LogP contribution in [0.15, 0.2) is 30.9 Å². The molecule has 0 aromatic carbocycles. The molecular weight excluding hydrogens is 372 g/mol. The lowest BCUT2D eigenvalue weighted by Gasteiger charge is -2.43. The summed E-state index contributed by atoms with van der Waals surface area (Å²) in [6.45, 7) is 7.75. The average Bonchev–Trinajstić information content (AvgIpc) is 3.20. The molecule has 0 radical (unpaired) electrons. The van der Waals surface area contributed by atoms with Gasteiger partial charge >= 0.3 is 6.09 Å². The molecule has 1 fully saturated rings. The first-order valence-corrected chi connectivity index (χ1v) is 9.61. The van der Waals surface area contributed by atoms with E-state index in [2.05, 4.69) is 15.5 Å². The highest BCUT2D eigenvalue weighted by Crippen LogP contribution is 2.39. The van der Waals surface area contributed by atoms with Crippen LogP contribution in [0.3, 0.4) is 0 Å². The van der Waals surface area contributed by atoms with Gasteiger partial charge in [0.1, 0.15) is 17.2 Å². The number of rotatable bonds is 4. The van der Waals surface area contributed by atoms with Gasteiger partial charge in [-0.25, -0.2) is 14.3 Å². The van der Waals surface area contributed by atoms with Crippen molar-refractivity contribution >= 4 is 11.6 Å². The normalized spacial score (nSPS) is 21.6. The summed E-state index contributed by atoms with van der Waals surface area (Å²) in [7, 11) is 1.86. The van der Waals surface area contributed by atoms with Crippen LogP contribution >= 0.6 is 0 Å². The van der Waals surface area contributed by atoms with Gasteiger partial charge in [0.15, 0.2) is 0 Å². The second kappa shape index (κ2) is 6.75. The summed E-state index contributed by atoms with van der Waals surface area (Å²) in [6, 6.07) is 1.86. The third-order valence-corrected chi connectivity index (χ3v) is 4.77. The fourth-order valence-electron chi connectivity index (χ4n) is 3.46. The maximum atomic E-state index is 12.0. The van der Waals surface area contributed by atoms with Gasteiger partial charge in [0.25, 0.3) is 0 Å². The molecule has 1 aliphatic rings. The Hall–Kier alpha value is -3.10. The summed E-state index contributed by atoms with van der Waals surface area (Å²) >= 11 is 0. The van der Waals surface area contributed by atoms with E-state index in [1.54, 1.807) is 21.6 Å². The second-order valence-electron chi connectivity index (χ2n) is 8.86. The molecule has 1 N–H and O–H groups in total. The van der Waals surface area contributed by atoms with E-state index in [9.17, 15) is 4.79 Å². The van der Waals surface area contributed by atoms with Gasteiger partial charge in [-0.05, 0) is 33.8 Å². The van der Waals surface area contributed by atoms with Crippen molar-refractivity contribution < 1.29 is 14.3 Å². The Kier molecular flexibility index (Phi) is 4.48. The minimum atomic E-state index is -0.460. The molecule has 1 amide bonds. The number of carbonyl (C=O) groups excluding carboxylic acids is 1. The number of nitrogens with zero attached hydrogens (tertiary/aromatic N) is 5. The molecule has 0 atom stereocenters. The van der Waals surface area contributed by atoms with Gasteiger partial charge in [0.2, 0.25) is 5.88 Å². The van der Waals surface area contributed by atoms with Crippen LogP contribution in [-0.2, 0) is 11.8 Å². The Labute approximate surface area is 169 Å². The lowest BCUT2D eigenvalue weighted by Crippen LogP contribution is -2.53. The van der Waals surface area contributed by atoms with Crippen molar-refractivity contribution in [1.82, 2.24) is 29.7 Å². The van der Waals surface area contributed by atoms with E-state index >= 15 is 0 Å². The van der Waals surface area contributed by atoms with E-state index in [1.807, 2.05) is 53.2 Å². The number of nitrogens with one attached hydrogen (secondary N) is 1. The fraction of sp³-hybridized carbons (Fsp3) is 0.500. The van der Waals surface area contributed by atoms with E-state index in [0.29, 0.717) is 18.7 Å². The Balaban J connectivity index is 1.48. The zero-order valence-electron chi connectivity index (χ0n) is 17.3. The van der Waals surface area contributed by atoms with Crippen molar-refractivity contribution in [2.45, 2.75) is 57.8 Å². The highest BCUT2D eigenvalue weighted by molar-refractivity contribution is 5.68. The molecule has 29 heavy (non-hydrogen) atoms. The van der Waals surface area contributed by atoms with Gasteiger partial charge in [-0.2, -0.15) is 10.2 Å². The van der Waals surface area contributed by atoms with Crippen LogP contribution < -0.4 is 10.1 Å². The van der Waals surface area contributed by atoms with Crippen LogP contribution in [0, 0.1) is 0 Å². The molecule has 9 nitrogen and oxygen atoms in total. The first-order chi connectivity index (χ1) is 13.6. The van der Waals surface area contributed by atoms with E-state index in [1.165, 1.54) is 0 Å². The van der Waals surface area contributed by atoms with Gasteiger partial charge in [0, 0.05) is 37.2 Å². The van der Waals surface area contributed by atoms with E-state index in [-0.39, 0.29) is 11.6 Å². The standard InChI is InChI=1S/C20H26N6O3/c1-19(2,3)24-18(27)28-14-8-20(4,9-14)29-17-16-6-7-21-26(16)12-15(23-17)13-10-22-25(5)11-13/h6-7,10-12,14H,8-9H2,1-5H3,(H,24,27). The minimum Gasteiger partial charge on any atom is -0.470 e. The number of hydrogen-bond acceptors (Lipinski definition) is 6. The first kappa shape index (κ1) is 19.2. The Morgan fingerprint density at radius 3 is 2.69 bits per heavy atom. The van der Waals surface area contributed by atoms with Gasteiger partial charge in [-0.1, -0.05) is 0 Å². The molecule has 1 aliphatic carbocycles. The van der Waals surface area contributed by atoms with Crippen molar-refractivity contribution in [3.63, 3.8) is 0 Å². The molecule has 154 valence electrons. The summed E-state index contributed by atoms with van der Waals surface area (Å²) in [5.74, 6) is 0.504. The maximum absolute atomic E-state index is 12.0. The summed E-state index contributed by atoms with van der Waals surface area (Å²) < 4.78 is 15.2. The smallest absolute Gasteiger partial charge is 0.407 e. The molecule has 3 aromatic rings. The third kappa shape index (κ3) is 4.18. The average molecular weight is 398 g/mol. The molecule has 3 heterocycles. The molecule has 0 spiro atoms. The van der Waals surface area contributed by atoms with Gasteiger partial charge in [-0.15, -0.1) is 0 Å². The molecule has 4 rings (SSSR count). The monoisotopic (exact) mass is 398 g/mol. The van der Waals surface area contributed by atoms with E-state index < -0.39 is 11.7 Å². The highest BCUT2D eigenvalue weighted by Gasteiger charge is 2.45. The Morgan fingerprint density at radius 1 is 1.28 bits per heavy atom. The van der Waals surface area contributed by atoms with Crippen molar-refractivity contribution in [1.29, 1.82) is 0 Å². The number of fused-ring (bicyclic) bond motifs is 1. The summed E-state index contributed by atoms with van der Waals surface area (Å²) in [4.78, 5) is 16.7. The summed E-state index contributed by atoms with van der Waals surface area (Å²) in [5, 5.41) is 11.3. The van der Waals surface area contributed by atoms with Crippen LogP contribution in [0.4, 0.5) is 4.79 Å². The van der Waals surface area contributed by atoms with Crippen molar-refractivity contribution in [3.8, 4) is 17.1 Å². The molecule has 9 heteroatoms. The first-order valence-electron chi connectivity index (χ1n) is 9.61. The van der Waals surface area contributed by atoms with Crippen LogP contribution in [-0.4, -0.2) is 47.7 Å². The lowest BCUT2D eigenvalue weighted by atomic mass is 9.79. The minimum absolute atomic E-state index is 0.176. The molecule has 1 saturated carbocycles. The van der Waals surface area contributed by atoms with Crippen molar-refractivity contribution in [2.24, 2.45) is 7.05 Å². The van der Waals surface area contributed by atoms with Gasteiger partial charge in [0.05, 0.1) is 24.3 Å². The predicted octanol–water partition coefficient (Wildman–Crippen LogP) is 2.95. The largest absolute Gasteiger partial charge is 0.470 e. The summed E-state index contributed by atoms with van der Waals surface area (Å²) in [5.41, 5.74) is 1.61. The molecular formula is C20H26N6O3. The molecule has 0 saturated heterocycles. The highest BCUT2D eigenvalue weighted by atomic mass is 16.6.